The van der Waals surface area contributed by atoms with E-state index in [0.29, 0.717) is 16.8 Å². The van der Waals surface area contributed by atoms with Gasteiger partial charge >= 0.3 is 6.36 Å². The number of rotatable bonds is 3. The second-order valence-electron chi connectivity index (χ2n) is 6.81. The molecule has 2 aliphatic rings. The highest BCUT2D eigenvalue weighted by Gasteiger charge is 2.43. The fourth-order valence-electron chi connectivity index (χ4n) is 3.66. The number of ether oxygens (including phenoxy) is 1. The maximum Gasteiger partial charge on any atom is 0.573 e. The Morgan fingerprint density at radius 1 is 1.21 bits per heavy atom. The van der Waals surface area contributed by atoms with Crippen molar-refractivity contribution in [3.8, 4) is 5.75 Å². The quantitative estimate of drug-likeness (QED) is 0.752. The van der Waals surface area contributed by atoms with Crippen LogP contribution in [0.25, 0.3) is 0 Å². The van der Waals surface area contributed by atoms with Crippen LogP contribution in [0.2, 0.25) is 0 Å². The standard InChI is InChI=1S/C18H16F3N3O4S/c1-11-7-14-15(9-22-11)17(25)24-6-5-23(10-16(14)24)29(26,27)13-4-2-3-12(8-13)28-18(19,20)21/h2-4,7-9,16H,5-6,10H2,1H3. The highest BCUT2D eigenvalue weighted by atomic mass is 32.2. The van der Waals surface area contributed by atoms with E-state index in [1.807, 2.05) is 0 Å². The third kappa shape index (κ3) is 3.55. The summed E-state index contributed by atoms with van der Waals surface area (Å²) in [6, 6.07) is 5.58. The topological polar surface area (TPSA) is 79.8 Å². The van der Waals surface area contributed by atoms with E-state index in [9.17, 15) is 26.4 Å². The number of carbonyl (C=O) groups excluding carboxylic acids is 1. The van der Waals surface area contributed by atoms with Crippen molar-refractivity contribution in [2.45, 2.75) is 24.2 Å². The number of fused-ring (bicyclic) bond motifs is 3. The molecule has 0 bridgehead atoms. The van der Waals surface area contributed by atoms with E-state index < -0.39 is 28.2 Å². The van der Waals surface area contributed by atoms with Crippen molar-refractivity contribution in [3.63, 3.8) is 0 Å². The number of halogens is 3. The number of benzene rings is 1. The van der Waals surface area contributed by atoms with Crippen molar-refractivity contribution >= 4 is 15.9 Å². The minimum atomic E-state index is -4.92. The molecular formula is C18H16F3N3O4S. The molecule has 1 unspecified atom stereocenters. The Bertz CT molecular complexity index is 1090. The van der Waals surface area contributed by atoms with Crippen LogP contribution in [0.1, 0.15) is 27.7 Å². The van der Waals surface area contributed by atoms with Crippen LogP contribution in [0.4, 0.5) is 13.2 Å². The Balaban J connectivity index is 1.63. The van der Waals surface area contributed by atoms with Crippen molar-refractivity contribution < 1.29 is 31.1 Å². The van der Waals surface area contributed by atoms with Crippen molar-refractivity contribution in [2.75, 3.05) is 19.6 Å². The predicted molar refractivity (Wildman–Crippen MR) is 94.6 cm³/mol. The highest BCUT2D eigenvalue weighted by molar-refractivity contribution is 7.89. The third-order valence-corrected chi connectivity index (χ3v) is 6.80. The van der Waals surface area contributed by atoms with Gasteiger partial charge in [0.2, 0.25) is 10.0 Å². The first-order valence-corrected chi connectivity index (χ1v) is 10.1. The zero-order valence-corrected chi connectivity index (χ0v) is 16.0. The zero-order valence-electron chi connectivity index (χ0n) is 15.2. The van der Waals surface area contributed by atoms with Gasteiger partial charge in [0.15, 0.2) is 0 Å². The Labute approximate surface area is 164 Å². The fourth-order valence-corrected chi connectivity index (χ4v) is 5.13. The number of carbonyl (C=O) groups is 1. The van der Waals surface area contributed by atoms with Gasteiger partial charge in [-0.3, -0.25) is 9.78 Å². The number of amides is 1. The highest BCUT2D eigenvalue weighted by Crippen LogP contribution is 2.37. The van der Waals surface area contributed by atoms with Crippen LogP contribution in [0.3, 0.4) is 0 Å². The van der Waals surface area contributed by atoms with Crippen molar-refractivity contribution in [1.82, 2.24) is 14.2 Å². The summed E-state index contributed by atoms with van der Waals surface area (Å²) in [5.41, 5.74) is 1.85. The predicted octanol–water partition coefficient (Wildman–Crippen LogP) is 2.49. The lowest BCUT2D eigenvalue weighted by atomic mass is 10.1. The molecule has 1 atom stereocenters. The summed E-state index contributed by atoms with van der Waals surface area (Å²) in [5.74, 6) is -0.810. The maximum atomic E-state index is 13.0. The minimum Gasteiger partial charge on any atom is -0.406 e. The number of pyridine rings is 1. The van der Waals surface area contributed by atoms with Crippen molar-refractivity contribution in [3.05, 3.63) is 53.3 Å². The summed E-state index contributed by atoms with van der Waals surface area (Å²) in [5, 5.41) is 0. The van der Waals surface area contributed by atoms with Crippen LogP contribution in [0, 0.1) is 6.92 Å². The summed E-state index contributed by atoms with van der Waals surface area (Å²) in [6.45, 7) is 2.00. The van der Waals surface area contributed by atoms with Gasteiger partial charge in [0.05, 0.1) is 16.5 Å². The van der Waals surface area contributed by atoms with E-state index in [1.54, 1.807) is 17.9 Å². The fraction of sp³-hybridized carbons (Fsp3) is 0.333. The van der Waals surface area contributed by atoms with E-state index in [1.165, 1.54) is 22.6 Å². The maximum absolute atomic E-state index is 13.0. The number of aromatic nitrogens is 1. The van der Waals surface area contributed by atoms with Crippen LogP contribution >= 0.6 is 0 Å². The van der Waals surface area contributed by atoms with Gasteiger partial charge in [-0.1, -0.05) is 6.07 Å². The lowest BCUT2D eigenvalue weighted by Crippen LogP contribution is -2.49. The van der Waals surface area contributed by atoms with Gasteiger partial charge in [-0.2, -0.15) is 4.31 Å². The Morgan fingerprint density at radius 2 is 1.97 bits per heavy atom. The van der Waals surface area contributed by atoms with Gasteiger partial charge in [0, 0.05) is 37.6 Å². The van der Waals surface area contributed by atoms with Crippen LogP contribution in [-0.2, 0) is 10.0 Å². The monoisotopic (exact) mass is 427 g/mol. The van der Waals surface area contributed by atoms with Crippen LogP contribution in [-0.4, -0.2) is 54.5 Å². The molecule has 7 nitrogen and oxygen atoms in total. The third-order valence-electron chi connectivity index (χ3n) is 4.94. The summed E-state index contributed by atoms with van der Waals surface area (Å²) in [4.78, 5) is 18.0. The molecule has 0 saturated carbocycles. The van der Waals surface area contributed by atoms with Crippen molar-refractivity contribution in [2.24, 2.45) is 0 Å². The Morgan fingerprint density at radius 3 is 2.69 bits per heavy atom. The van der Waals surface area contributed by atoms with E-state index in [4.69, 9.17) is 0 Å². The average Bonchev–Trinajstić information content (AvgIpc) is 2.92. The van der Waals surface area contributed by atoms with Gasteiger partial charge in [0.1, 0.15) is 5.75 Å². The Kier molecular flexibility index (Phi) is 4.54. The smallest absolute Gasteiger partial charge is 0.406 e. The number of nitrogens with zero attached hydrogens (tertiary/aromatic N) is 3. The lowest BCUT2D eigenvalue weighted by molar-refractivity contribution is -0.274. The molecule has 1 saturated heterocycles. The first-order valence-electron chi connectivity index (χ1n) is 8.70. The molecule has 154 valence electrons. The first-order chi connectivity index (χ1) is 13.6. The molecule has 2 aliphatic heterocycles. The second kappa shape index (κ2) is 6.70. The van der Waals surface area contributed by atoms with Crippen molar-refractivity contribution in [1.29, 1.82) is 0 Å². The van der Waals surface area contributed by atoms with Gasteiger partial charge in [-0.25, -0.2) is 8.42 Å². The average molecular weight is 427 g/mol. The number of aryl methyl sites for hydroxylation is 1. The summed E-state index contributed by atoms with van der Waals surface area (Å²) in [7, 11) is -4.08. The summed E-state index contributed by atoms with van der Waals surface area (Å²) >= 11 is 0. The van der Waals surface area contributed by atoms with Gasteiger partial charge in [-0.15, -0.1) is 13.2 Å². The van der Waals surface area contributed by atoms with Crippen LogP contribution in [0.5, 0.6) is 5.75 Å². The first kappa shape index (κ1) is 19.6. The molecule has 0 spiro atoms. The zero-order chi connectivity index (χ0) is 21.0. The van der Waals surface area contributed by atoms with Crippen LogP contribution in [0.15, 0.2) is 41.4 Å². The largest absolute Gasteiger partial charge is 0.573 e. The van der Waals surface area contributed by atoms with Gasteiger partial charge in [0.25, 0.3) is 5.91 Å². The molecule has 0 aliphatic carbocycles. The molecular weight excluding hydrogens is 411 g/mol. The summed E-state index contributed by atoms with van der Waals surface area (Å²) in [6.07, 6.45) is -3.43. The van der Waals surface area contributed by atoms with E-state index >= 15 is 0 Å². The number of alkyl halides is 3. The molecule has 1 aromatic carbocycles. The minimum absolute atomic E-state index is 0.00881. The summed E-state index contributed by atoms with van der Waals surface area (Å²) < 4.78 is 68.4. The number of hydrogen-bond acceptors (Lipinski definition) is 5. The molecule has 0 radical (unpaired) electrons. The van der Waals surface area contributed by atoms with E-state index in [0.717, 1.165) is 12.1 Å². The van der Waals surface area contributed by atoms with Gasteiger partial charge < -0.3 is 9.64 Å². The molecule has 4 rings (SSSR count). The molecule has 0 N–H and O–H groups in total. The molecule has 1 amide bonds. The van der Waals surface area contributed by atoms with Crippen LogP contribution < -0.4 is 4.74 Å². The molecule has 1 aromatic heterocycles. The number of piperazine rings is 1. The second-order valence-corrected chi connectivity index (χ2v) is 8.75. The number of sulfonamides is 1. The molecule has 11 heteroatoms. The molecule has 3 heterocycles. The number of hydrogen-bond donors (Lipinski definition) is 0. The molecule has 29 heavy (non-hydrogen) atoms. The SMILES string of the molecule is Cc1cc2c(cn1)C(=O)N1CCN(S(=O)(=O)c3cccc(OC(F)(F)F)c3)CC21. The lowest BCUT2D eigenvalue weighted by Gasteiger charge is -2.37. The Hall–Kier alpha value is -2.66. The van der Waals surface area contributed by atoms with E-state index in [2.05, 4.69) is 9.72 Å². The molecule has 2 aromatic rings. The van der Waals surface area contributed by atoms with E-state index in [-0.39, 0.29) is 30.4 Å². The van der Waals surface area contributed by atoms with Gasteiger partial charge in [-0.05, 0) is 30.7 Å². The normalized spacial score (nSPS) is 19.8. The molecule has 1 fully saturated rings.